The van der Waals surface area contributed by atoms with Gasteiger partial charge in [0.05, 0.1) is 18.3 Å². The van der Waals surface area contributed by atoms with Crippen molar-refractivity contribution in [2.45, 2.75) is 25.4 Å². The molecule has 0 aromatic heterocycles. The van der Waals surface area contributed by atoms with E-state index < -0.39 is 6.10 Å². The molecule has 0 saturated carbocycles. The van der Waals surface area contributed by atoms with Crippen LogP contribution in [0.25, 0.3) is 0 Å². The van der Waals surface area contributed by atoms with E-state index in [1.807, 2.05) is 0 Å². The lowest BCUT2D eigenvalue weighted by Crippen LogP contribution is -2.17. The Kier molecular flexibility index (Phi) is 3.76. The molecule has 0 heterocycles. The zero-order valence-corrected chi connectivity index (χ0v) is 9.56. The highest BCUT2D eigenvalue weighted by Crippen LogP contribution is 2.35. The number of Topliss-reactive ketones (excluding diaryl/α,β-unsaturated/α-hetero) is 1. The van der Waals surface area contributed by atoms with Gasteiger partial charge in [-0.05, 0) is 18.1 Å². The van der Waals surface area contributed by atoms with Crippen LogP contribution in [0.4, 0.5) is 0 Å². The molecule has 1 unspecified atom stereocenters. The quantitative estimate of drug-likeness (QED) is 0.777. The van der Waals surface area contributed by atoms with Crippen LogP contribution in [0, 0.1) is 0 Å². The smallest absolute Gasteiger partial charge is 0.167 e. The second-order valence-electron chi connectivity index (χ2n) is 4.12. The summed E-state index contributed by atoms with van der Waals surface area (Å²) in [7, 11) is 0. The third-order valence-corrected chi connectivity index (χ3v) is 2.90. The fourth-order valence-corrected chi connectivity index (χ4v) is 2.04. The number of carbonyl (C=O) groups excluding carboxylic acids is 1. The van der Waals surface area contributed by atoms with Gasteiger partial charge in [0.1, 0.15) is 5.75 Å². The molecule has 1 aliphatic rings. The average molecular weight is 236 g/mol. The van der Waals surface area contributed by atoms with Crippen LogP contribution in [0.5, 0.6) is 5.75 Å². The summed E-state index contributed by atoms with van der Waals surface area (Å²) in [6, 6.07) is 5.26. The predicted octanol–water partition coefficient (Wildman–Crippen LogP) is 1.46. The lowest BCUT2D eigenvalue weighted by atomic mass is 9.88. The maximum Gasteiger partial charge on any atom is 0.167 e. The molecule has 4 heteroatoms. The highest BCUT2D eigenvalue weighted by Gasteiger charge is 2.27. The first-order chi connectivity index (χ1) is 8.24. The molecule has 0 saturated heterocycles. The molecule has 0 radical (unpaired) electrons. The van der Waals surface area contributed by atoms with Crippen molar-refractivity contribution in [1.82, 2.24) is 0 Å². The lowest BCUT2D eigenvalue weighted by Gasteiger charge is -2.22. The van der Waals surface area contributed by atoms with Gasteiger partial charge in [-0.15, -0.1) is 0 Å². The molecule has 2 rings (SSSR count). The van der Waals surface area contributed by atoms with Gasteiger partial charge in [-0.2, -0.15) is 0 Å². The number of rotatable bonds is 4. The first kappa shape index (κ1) is 12.1. The standard InChI is InChI=1S/C13H16O4/c14-7-2-8-17-12-4-1-3-9-10(15)5-6-11(16)13(9)12/h1,3-4,10,14-15H,2,5-8H2. The zero-order valence-electron chi connectivity index (χ0n) is 9.56. The summed E-state index contributed by atoms with van der Waals surface area (Å²) in [5.41, 5.74) is 1.16. The molecule has 1 aromatic rings. The van der Waals surface area contributed by atoms with Crippen LogP contribution in [-0.2, 0) is 0 Å². The molecule has 0 bridgehead atoms. The van der Waals surface area contributed by atoms with Crippen LogP contribution < -0.4 is 4.74 Å². The molecular formula is C13H16O4. The van der Waals surface area contributed by atoms with E-state index in [9.17, 15) is 9.90 Å². The number of ether oxygens (including phenoxy) is 1. The van der Waals surface area contributed by atoms with Gasteiger partial charge in [-0.1, -0.05) is 12.1 Å². The molecular weight excluding hydrogens is 220 g/mol. The lowest BCUT2D eigenvalue weighted by molar-refractivity contribution is 0.0890. The largest absolute Gasteiger partial charge is 0.493 e. The van der Waals surface area contributed by atoms with Crippen molar-refractivity contribution >= 4 is 5.78 Å². The van der Waals surface area contributed by atoms with E-state index in [1.165, 1.54) is 0 Å². The Labute approximate surface area is 99.8 Å². The van der Waals surface area contributed by atoms with E-state index in [2.05, 4.69) is 0 Å². The molecule has 0 amide bonds. The highest BCUT2D eigenvalue weighted by molar-refractivity contribution is 6.01. The zero-order chi connectivity index (χ0) is 12.3. The van der Waals surface area contributed by atoms with Crippen molar-refractivity contribution < 1.29 is 19.7 Å². The summed E-state index contributed by atoms with van der Waals surface area (Å²) >= 11 is 0. The summed E-state index contributed by atoms with van der Waals surface area (Å²) in [6.07, 6.45) is 0.782. The minimum atomic E-state index is -0.580. The van der Waals surface area contributed by atoms with Gasteiger partial charge < -0.3 is 14.9 Å². The number of aliphatic hydroxyl groups is 2. The van der Waals surface area contributed by atoms with Crippen LogP contribution in [0.3, 0.4) is 0 Å². The maximum absolute atomic E-state index is 11.8. The van der Waals surface area contributed by atoms with Gasteiger partial charge in [0.2, 0.25) is 0 Å². The van der Waals surface area contributed by atoms with Crippen molar-refractivity contribution in [2.75, 3.05) is 13.2 Å². The molecule has 1 aliphatic carbocycles. The Morgan fingerprint density at radius 2 is 2.24 bits per heavy atom. The van der Waals surface area contributed by atoms with Crippen LogP contribution in [-0.4, -0.2) is 29.2 Å². The molecule has 0 aliphatic heterocycles. The Balaban J connectivity index is 2.27. The van der Waals surface area contributed by atoms with E-state index >= 15 is 0 Å². The Morgan fingerprint density at radius 3 is 3.00 bits per heavy atom. The van der Waals surface area contributed by atoms with E-state index in [0.717, 1.165) is 0 Å². The first-order valence-corrected chi connectivity index (χ1v) is 5.82. The van der Waals surface area contributed by atoms with Crippen molar-refractivity contribution in [2.24, 2.45) is 0 Å². The molecule has 92 valence electrons. The molecule has 4 nitrogen and oxygen atoms in total. The van der Waals surface area contributed by atoms with Gasteiger partial charge in [0.15, 0.2) is 5.78 Å². The van der Waals surface area contributed by atoms with Crippen molar-refractivity contribution in [3.8, 4) is 5.75 Å². The summed E-state index contributed by atoms with van der Waals surface area (Å²) in [4.78, 5) is 11.8. The summed E-state index contributed by atoms with van der Waals surface area (Å²) < 4.78 is 5.47. The van der Waals surface area contributed by atoms with Crippen molar-refractivity contribution in [3.63, 3.8) is 0 Å². The first-order valence-electron chi connectivity index (χ1n) is 5.82. The number of hydrogen-bond donors (Lipinski definition) is 2. The molecule has 0 fully saturated rings. The monoisotopic (exact) mass is 236 g/mol. The van der Waals surface area contributed by atoms with Crippen LogP contribution in [0.15, 0.2) is 18.2 Å². The van der Waals surface area contributed by atoms with E-state index in [4.69, 9.17) is 9.84 Å². The summed E-state index contributed by atoms with van der Waals surface area (Å²) in [5.74, 6) is 0.532. The van der Waals surface area contributed by atoms with Crippen LogP contribution in [0.2, 0.25) is 0 Å². The number of carbonyl (C=O) groups is 1. The van der Waals surface area contributed by atoms with Crippen LogP contribution in [0.1, 0.15) is 41.3 Å². The minimum absolute atomic E-state index is 0.0184. The second kappa shape index (κ2) is 5.29. The average Bonchev–Trinajstić information content (AvgIpc) is 2.34. The minimum Gasteiger partial charge on any atom is -0.493 e. The van der Waals surface area contributed by atoms with Gasteiger partial charge in [0.25, 0.3) is 0 Å². The fraction of sp³-hybridized carbons (Fsp3) is 0.462. The Morgan fingerprint density at radius 1 is 1.41 bits per heavy atom. The van der Waals surface area contributed by atoms with E-state index in [1.54, 1.807) is 18.2 Å². The summed E-state index contributed by atoms with van der Waals surface area (Å²) in [5, 5.41) is 18.5. The Bertz CT molecular complexity index is 414. The number of aliphatic hydroxyl groups excluding tert-OH is 2. The van der Waals surface area contributed by atoms with E-state index in [-0.39, 0.29) is 12.4 Å². The number of benzene rings is 1. The SMILES string of the molecule is O=C1CCC(O)c2cccc(OCCCO)c21. The number of hydrogen-bond acceptors (Lipinski definition) is 4. The Hall–Kier alpha value is -1.39. The van der Waals surface area contributed by atoms with Crippen molar-refractivity contribution in [3.05, 3.63) is 29.3 Å². The topological polar surface area (TPSA) is 66.8 Å². The fourth-order valence-electron chi connectivity index (χ4n) is 2.04. The van der Waals surface area contributed by atoms with Gasteiger partial charge in [-0.3, -0.25) is 4.79 Å². The summed E-state index contributed by atoms with van der Waals surface area (Å²) in [6.45, 7) is 0.432. The molecule has 2 N–H and O–H groups in total. The van der Waals surface area contributed by atoms with Gasteiger partial charge in [0, 0.05) is 19.4 Å². The van der Waals surface area contributed by atoms with Gasteiger partial charge >= 0.3 is 0 Å². The normalized spacial score (nSPS) is 18.9. The molecule has 17 heavy (non-hydrogen) atoms. The number of fused-ring (bicyclic) bond motifs is 1. The second-order valence-corrected chi connectivity index (χ2v) is 4.12. The maximum atomic E-state index is 11.8. The number of ketones is 1. The van der Waals surface area contributed by atoms with E-state index in [0.29, 0.717) is 42.7 Å². The molecule has 0 spiro atoms. The highest BCUT2D eigenvalue weighted by atomic mass is 16.5. The van der Waals surface area contributed by atoms with Crippen LogP contribution >= 0.6 is 0 Å². The molecule has 1 atom stereocenters. The van der Waals surface area contributed by atoms with Crippen molar-refractivity contribution in [1.29, 1.82) is 0 Å². The third-order valence-electron chi connectivity index (χ3n) is 2.90. The third kappa shape index (κ3) is 2.48. The predicted molar refractivity (Wildman–Crippen MR) is 62.2 cm³/mol. The molecule has 1 aromatic carbocycles. The van der Waals surface area contributed by atoms with Gasteiger partial charge in [-0.25, -0.2) is 0 Å².